The summed E-state index contributed by atoms with van der Waals surface area (Å²) >= 11 is 6.05. The first kappa shape index (κ1) is 14.7. The maximum atomic E-state index is 10.6. The van der Waals surface area contributed by atoms with Crippen LogP contribution >= 0.6 is 11.6 Å². The van der Waals surface area contributed by atoms with Gasteiger partial charge in [0, 0.05) is 25.2 Å². The van der Waals surface area contributed by atoms with Crippen LogP contribution in [-0.2, 0) is 4.79 Å². The Morgan fingerprint density at radius 1 is 1.45 bits per heavy atom. The topological polar surface area (TPSA) is 64.3 Å². The molecule has 1 aromatic carbocycles. The molecule has 20 heavy (non-hydrogen) atoms. The second-order valence-corrected chi connectivity index (χ2v) is 5.55. The summed E-state index contributed by atoms with van der Waals surface area (Å²) in [5.41, 5.74) is 1.53. The van der Waals surface area contributed by atoms with Gasteiger partial charge in [-0.25, -0.2) is 0 Å². The van der Waals surface area contributed by atoms with Crippen LogP contribution in [0.5, 0.6) is 0 Å². The molecule has 1 aliphatic heterocycles. The predicted molar refractivity (Wildman–Crippen MR) is 78.0 cm³/mol. The lowest BCUT2D eigenvalue weighted by atomic mass is 9.92. The van der Waals surface area contributed by atoms with Gasteiger partial charge in [0.05, 0.1) is 10.6 Å². The molecule has 0 radical (unpaired) electrons. The molecular weight excluding hydrogens is 276 g/mol. The molecule has 1 aromatic rings. The third-order valence-electron chi connectivity index (χ3n) is 3.82. The Labute approximate surface area is 123 Å². The van der Waals surface area contributed by atoms with Crippen molar-refractivity contribution in [1.82, 2.24) is 0 Å². The fraction of sp³-hybridized carbons (Fsp3) is 0.467. The molecule has 0 aliphatic carbocycles. The second-order valence-electron chi connectivity index (χ2n) is 5.14. The van der Waals surface area contributed by atoms with Gasteiger partial charge in [-0.2, -0.15) is 5.26 Å². The number of nitriles is 1. The van der Waals surface area contributed by atoms with Gasteiger partial charge < -0.3 is 10.0 Å². The lowest BCUT2D eigenvalue weighted by molar-refractivity contribution is -0.137. The Bertz CT molecular complexity index is 531. The number of carbonyl (C=O) groups is 1. The molecule has 0 atom stereocenters. The number of piperidine rings is 1. The molecule has 1 fully saturated rings. The first-order valence-electron chi connectivity index (χ1n) is 6.76. The van der Waals surface area contributed by atoms with Crippen molar-refractivity contribution in [3.8, 4) is 6.07 Å². The van der Waals surface area contributed by atoms with Crippen molar-refractivity contribution in [2.45, 2.75) is 25.7 Å². The molecule has 0 spiro atoms. The number of anilines is 1. The fourth-order valence-corrected chi connectivity index (χ4v) is 2.82. The van der Waals surface area contributed by atoms with Gasteiger partial charge in [-0.3, -0.25) is 4.79 Å². The average molecular weight is 293 g/mol. The number of hydrogen-bond donors (Lipinski definition) is 1. The largest absolute Gasteiger partial charge is 0.481 e. The van der Waals surface area contributed by atoms with Crippen LogP contribution in [-0.4, -0.2) is 24.2 Å². The van der Waals surface area contributed by atoms with Crippen LogP contribution in [0.2, 0.25) is 5.02 Å². The smallest absolute Gasteiger partial charge is 0.303 e. The van der Waals surface area contributed by atoms with Crippen molar-refractivity contribution in [1.29, 1.82) is 5.26 Å². The number of rotatable bonds is 4. The summed E-state index contributed by atoms with van der Waals surface area (Å²) in [5.74, 6) is -0.220. The minimum Gasteiger partial charge on any atom is -0.481 e. The van der Waals surface area contributed by atoms with E-state index >= 15 is 0 Å². The second kappa shape index (κ2) is 6.62. The molecule has 0 aromatic heterocycles. The zero-order chi connectivity index (χ0) is 14.5. The van der Waals surface area contributed by atoms with Crippen molar-refractivity contribution in [3.63, 3.8) is 0 Å². The average Bonchev–Trinajstić information content (AvgIpc) is 2.45. The van der Waals surface area contributed by atoms with E-state index in [1.165, 1.54) is 0 Å². The maximum absolute atomic E-state index is 10.6. The lowest BCUT2D eigenvalue weighted by Crippen LogP contribution is -2.33. The monoisotopic (exact) mass is 292 g/mol. The Balaban J connectivity index is 1.92. The van der Waals surface area contributed by atoms with E-state index in [2.05, 4.69) is 11.0 Å². The molecule has 5 heteroatoms. The van der Waals surface area contributed by atoms with Crippen LogP contribution in [0.1, 0.15) is 31.2 Å². The normalized spacial score (nSPS) is 15.9. The highest BCUT2D eigenvalue weighted by atomic mass is 35.5. The Morgan fingerprint density at radius 3 is 2.70 bits per heavy atom. The van der Waals surface area contributed by atoms with Crippen LogP contribution in [0.4, 0.5) is 5.69 Å². The quantitative estimate of drug-likeness (QED) is 0.925. The third-order valence-corrected chi connectivity index (χ3v) is 4.13. The van der Waals surface area contributed by atoms with Crippen LogP contribution < -0.4 is 4.90 Å². The van der Waals surface area contributed by atoms with Gasteiger partial charge in [0.1, 0.15) is 6.07 Å². The van der Waals surface area contributed by atoms with E-state index in [0.717, 1.165) is 38.0 Å². The molecule has 106 valence electrons. The van der Waals surface area contributed by atoms with Crippen molar-refractivity contribution >= 4 is 23.3 Å². The number of carboxylic acids is 1. The number of carboxylic acid groups (broad SMARTS) is 1. The van der Waals surface area contributed by atoms with Gasteiger partial charge in [0.25, 0.3) is 0 Å². The minimum absolute atomic E-state index is 0.257. The highest BCUT2D eigenvalue weighted by molar-refractivity contribution is 6.32. The fourth-order valence-electron chi connectivity index (χ4n) is 2.60. The van der Waals surface area contributed by atoms with Crippen LogP contribution in [0.15, 0.2) is 18.2 Å². The molecule has 0 amide bonds. The SMILES string of the molecule is N#Cc1ccc(N2CCC(CCC(=O)O)CC2)cc1Cl. The third kappa shape index (κ3) is 3.64. The standard InChI is InChI=1S/C15H17ClN2O2/c16-14-9-13(3-2-12(14)10-17)18-7-5-11(6-8-18)1-4-15(19)20/h2-3,9,11H,1,4-8H2,(H,19,20). The summed E-state index contributed by atoms with van der Waals surface area (Å²) < 4.78 is 0. The number of benzene rings is 1. The van der Waals surface area contributed by atoms with Gasteiger partial charge >= 0.3 is 5.97 Å². The van der Waals surface area contributed by atoms with Gasteiger partial charge in [0.15, 0.2) is 0 Å². The number of nitrogens with zero attached hydrogens (tertiary/aromatic N) is 2. The van der Waals surface area contributed by atoms with Gasteiger partial charge in [0.2, 0.25) is 0 Å². The van der Waals surface area contributed by atoms with E-state index in [9.17, 15) is 4.79 Å². The lowest BCUT2D eigenvalue weighted by Gasteiger charge is -2.33. The molecule has 0 saturated carbocycles. The van der Waals surface area contributed by atoms with Crippen molar-refractivity contribution < 1.29 is 9.90 Å². The van der Waals surface area contributed by atoms with E-state index in [-0.39, 0.29) is 6.42 Å². The molecule has 2 rings (SSSR count). The molecule has 4 nitrogen and oxygen atoms in total. The molecule has 0 unspecified atom stereocenters. The zero-order valence-electron chi connectivity index (χ0n) is 11.2. The van der Waals surface area contributed by atoms with E-state index in [4.69, 9.17) is 22.0 Å². The molecule has 1 saturated heterocycles. The highest BCUT2D eigenvalue weighted by Crippen LogP contribution is 2.28. The number of halogens is 1. The van der Waals surface area contributed by atoms with Gasteiger partial charge in [-0.05, 0) is 43.4 Å². The summed E-state index contributed by atoms with van der Waals surface area (Å²) in [4.78, 5) is 12.8. The zero-order valence-corrected chi connectivity index (χ0v) is 11.9. The molecule has 1 aliphatic rings. The number of hydrogen-bond acceptors (Lipinski definition) is 3. The van der Waals surface area contributed by atoms with E-state index in [1.807, 2.05) is 12.1 Å². The summed E-state index contributed by atoms with van der Waals surface area (Å²) in [6, 6.07) is 7.55. The first-order valence-corrected chi connectivity index (χ1v) is 7.14. The van der Waals surface area contributed by atoms with E-state index in [0.29, 0.717) is 16.5 Å². The first-order chi connectivity index (χ1) is 9.60. The summed E-state index contributed by atoms with van der Waals surface area (Å²) in [7, 11) is 0. The maximum Gasteiger partial charge on any atom is 0.303 e. The van der Waals surface area contributed by atoms with Crippen molar-refractivity contribution in [3.05, 3.63) is 28.8 Å². The summed E-state index contributed by atoms with van der Waals surface area (Å²) in [6.07, 6.45) is 3.03. The molecular formula is C15H17ClN2O2. The molecule has 1 heterocycles. The summed E-state index contributed by atoms with van der Waals surface area (Å²) in [6.45, 7) is 1.82. The Hall–Kier alpha value is -1.73. The molecule has 0 bridgehead atoms. The van der Waals surface area contributed by atoms with Crippen molar-refractivity contribution in [2.75, 3.05) is 18.0 Å². The van der Waals surface area contributed by atoms with Crippen LogP contribution in [0.3, 0.4) is 0 Å². The van der Waals surface area contributed by atoms with Gasteiger partial charge in [-0.1, -0.05) is 11.6 Å². The minimum atomic E-state index is -0.716. The van der Waals surface area contributed by atoms with Crippen LogP contribution in [0, 0.1) is 17.2 Å². The Morgan fingerprint density at radius 2 is 2.15 bits per heavy atom. The van der Waals surface area contributed by atoms with Crippen LogP contribution in [0.25, 0.3) is 0 Å². The van der Waals surface area contributed by atoms with Crippen molar-refractivity contribution in [2.24, 2.45) is 5.92 Å². The molecule has 1 N–H and O–H groups in total. The Kier molecular flexibility index (Phi) is 4.86. The van der Waals surface area contributed by atoms with E-state index < -0.39 is 5.97 Å². The summed E-state index contributed by atoms with van der Waals surface area (Å²) in [5, 5.41) is 18.0. The predicted octanol–water partition coefficient (Wildman–Crippen LogP) is 3.29. The van der Waals surface area contributed by atoms with Gasteiger partial charge in [-0.15, -0.1) is 0 Å². The number of aliphatic carboxylic acids is 1. The highest BCUT2D eigenvalue weighted by Gasteiger charge is 2.20. The van der Waals surface area contributed by atoms with E-state index in [1.54, 1.807) is 6.07 Å².